The summed E-state index contributed by atoms with van der Waals surface area (Å²) in [7, 11) is 6.40. The highest BCUT2D eigenvalue weighted by atomic mass is 16.5. The van der Waals surface area contributed by atoms with Crippen LogP contribution >= 0.6 is 0 Å². The average Bonchev–Trinajstić information content (AvgIpc) is 3.14. The molecule has 2 atom stereocenters. The molecule has 52 heavy (non-hydrogen) atoms. The van der Waals surface area contributed by atoms with Gasteiger partial charge in [0.15, 0.2) is 0 Å². The van der Waals surface area contributed by atoms with Crippen LogP contribution in [0.3, 0.4) is 0 Å². The normalized spacial score (nSPS) is 13.9. The summed E-state index contributed by atoms with van der Waals surface area (Å²) in [5.74, 6) is 0.374. The molecule has 4 aromatic rings. The van der Waals surface area contributed by atoms with Gasteiger partial charge in [-0.25, -0.2) is 0 Å². The zero-order chi connectivity index (χ0) is 38.1. The Morgan fingerprint density at radius 3 is 1.12 bits per heavy atom. The fraction of sp³-hybridized carbons (Fsp3) is 0.442. The van der Waals surface area contributed by atoms with Crippen molar-refractivity contribution < 1.29 is 44.5 Å². The van der Waals surface area contributed by atoms with Crippen LogP contribution in [-0.4, -0.2) is 67.2 Å². The second-order valence-electron chi connectivity index (χ2n) is 13.6. The Kier molecular flexibility index (Phi) is 14.3. The molecule has 4 aromatic carbocycles. The Hall–Kier alpha value is -3.96. The molecule has 0 aliphatic heterocycles. The van der Waals surface area contributed by atoms with Gasteiger partial charge in [-0.1, -0.05) is 57.2 Å². The number of hydrogen-bond acceptors (Lipinski definition) is 9. The first-order valence-electron chi connectivity index (χ1n) is 17.9. The smallest absolute Gasteiger partial charge is 0.126 e. The van der Waals surface area contributed by atoms with Gasteiger partial charge < -0.3 is 44.5 Å². The molecule has 0 spiro atoms. The highest BCUT2D eigenvalue weighted by Crippen LogP contribution is 2.47. The third-order valence-electron chi connectivity index (χ3n) is 10.6. The molecule has 0 amide bonds. The molecule has 0 aliphatic rings. The van der Waals surface area contributed by atoms with E-state index in [0.29, 0.717) is 39.8 Å². The fourth-order valence-corrected chi connectivity index (χ4v) is 7.59. The topological polar surface area (TPSA) is 138 Å². The van der Waals surface area contributed by atoms with Gasteiger partial charge in [0, 0.05) is 74.7 Å². The van der Waals surface area contributed by atoms with Crippen LogP contribution in [0, 0.1) is 0 Å². The van der Waals surface area contributed by atoms with Gasteiger partial charge in [0.1, 0.15) is 17.2 Å². The lowest BCUT2D eigenvalue weighted by molar-refractivity contribution is 0.174. The second-order valence-corrected chi connectivity index (χ2v) is 13.6. The quantitative estimate of drug-likeness (QED) is 0.0655. The third kappa shape index (κ3) is 8.00. The van der Waals surface area contributed by atoms with E-state index in [1.807, 2.05) is 36.4 Å². The molecule has 0 saturated carbocycles. The first-order chi connectivity index (χ1) is 25.0. The first-order valence-corrected chi connectivity index (χ1v) is 17.9. The molecular weight excluding hydrogens is 660 g/mol. The standard InChI is InChI=1S/C43H56O9/c1-8-42(3,36-20-30(24-49-4)40(47)31(21-36)25-50-5)34-10-12-35(13-11-34)43(9-2,37-18-28(14-16-44)39(46)29(19-37)15-17-45)38-22-32(26-51-6)41(48)33(23-38)27-52-7/h10-13,18-23,44-48H,8-9,14-17,24-27H2,1-7H3. The van der Waals surface area contributed by atoms with Crippen molar-refractivity contribution in [2.45, 2.75) is 83.7 Å². The molecule has 0 heterocycles. The van der Waals surface area contributed by atoms with Gasteiger partial charge in [0.05, 0.1) is 26.4 Å². The zero-order valence-corrected chi connectivity index (χ0v) is 31.7. The minimum atomic E-state index is -0.794. The summed E-state index contributed by atoms with van der Waals surface area (Å²) in [5, 5.41) is 53.3. The van der Waals surface area contributed by atoms with E-state index >= 15 is 0 Å². The highest BCUT2D eigenvalue weighted by molar-refractivity contribution is 5.59. The van der Waals surface area contributed by atoms with E-state index in [4.69, 9.17) is 18.9 Å². The number of hydrogen-bond donors (Lipinski definition) is 5. The maximum atomic E-state index is 11.2. The molecule has 0 radical (unpaired) electrons. The van der Waals surface area contributed by atoms with Gasteiger partial charge >= 0.3 is 0 Å². The highest BCUT2D eigenvalue weighted by Gasteiger charge is 2.38. The number of aliphatic hydroxyl groups is 2. The maximum absolute atomic E-state index is 11.2. The lowest BCUT2D eigenvalue weighted by Crippen LogP contribution is -2.30. The minimum absolute atomic E-state index is 0.0753. The predicted molar refractivity (Wildman–Crippen MR) is 202 cm³/mol. The van der Waals surface area contributed by atoms with Crippen LogP contribution < -0.4 is 0 Å². The predicted octanol–water partition coefficient (Wildman–Crippen LogP) is 6.92. The average molecular weight is 717 g/mol. The molecule has 0 bridgehead atoms. The number of benzene rings is 4. The molecule has 282 valence electrons. The van der Waals surface area contributed by atoms with Gasteiger partial charge in [-0.05, 0) is 88.9 Å². The first kappa shape index (κ1) is 40.8. The molecule has 0 aromatic heterocycles. The van der Waals surface area contributed by atoms with Gasteiger partial charge in [0.25, 0.3) is 0 Å². The number of rotatable bonds is 19. The molecule has 2 unspecified atom stereocenters. The van der Waals surface area contributed by atoms with E-state index < -0.39 is 10.8 Å². The second kappa shape index (κ2) is 18.2. The molecule has 0 fully saturated rings. The van der Waals surface area contributed by atoms with Crippen molar-refractivity contribution in [1.82, 2.24) is 0 Å². The molecule has 0 aliphatic carbocycles. The lowest BCUT2D eigenvalue weighted by Gasteiger charge is -2.38. The Balaban J connectivity index is 2.04. The summed E-state index contributed by atoms with van der Waals surface area (Å²) in [6, 6.07) is 20.5. The molecule has 0 saturated heterocycles. The summed E-state index contributed by atoms with van der Waals surface area (Å²) in [4.78, 5) is 0. The van der Waals surface area contributed by atoms with Crippen molar-refractivity contribution in [3.05, 3.63) is 122 Å². The summed E-state index contributed by atoms with van der Waals surface area (Å²) in [6.45, 7) is 7.06. The van der Waals surface area contributed by atoms with E-state index in [2.05, 4.69) is 45.0 Å². The minimum Gasteiger partial charge on any atom is -0.507 e. The monoisotopic (exact) mass is 716 g/mol. The van der Waals surface area contributed by atoms with Crippen LogP contribution in [0.2, 0.25) is 0 Å². The largest absolute Gasteiger partial charge is 0.507 e. The Morgan fingerprint density at radius 1 is 0.462 bits per heavy atom. The van der Waals surface area contributed by atoms with E-state index in [1.54, 1.807) is 28.4 Å². The van der Waals surface area contributed by atoms with Crippen LogP contribution in [-0.2, 0) is 69.0 Å². The maximum Gasteiger partial charge on any atom is 0.126 e. The van der Waals surface area contributed by atoms with Gasteiger partial charge in [-0.2, -0.15) is 0 Å². The van der Waals surface area contributed by atoms with Gasteiger partial charge in [-0.3, -0.25) is 0 Å². The Bertz CT molecular complexity index is 1640. The van der Waals surface area contributed by atoms with Crippen LogP contribution in [0.15, 0.2) is 60.7 Å². The fourth-order valence-electron chi connectivity index (χ4n) is 7.59. The van der Waals surface area contributed by atoms with Crippen LogP contribution in [0.4, 0.5) is 0 Å². The summed E-state index contributed by atoms with van der Waals surface area (Å²) < 4.78 is 21.9. The van der Waals surface area contributed by atoms with E-state index in [9.17, 15) is 25.5 Å². The molecule has 9 heteroatoms. The van der Waals surface area contributed by atoms with Crippen LogP contribution in [0.25, 0.3) is 0 Å². The number of aliphatic hydroxyl groups excluding tert-OH is 2. The lowest BCUT2D eigenvalue weighted by atomic mass is 9.65. The summed E-state index contributed by atoms with van der Waals surface area (Å²) in [6.07, 6.45) is 1.87. The number of aromatic hydroxyl groups is 3. The zero-order valence-electron chi connectivity index (χ0n) is 31.7. The number of ether oxygens (including phenoxy) is 4. The summed E-state index contributed by atoms with van der Waals surface area (Å²) in [5.41, 5.74) is 7.49. The van der Waals surface area contributed by atoms with Gasteiger partial charge in [-0.15, -0.1) is 0 Å². The Labute approximate surface area is 308 Å². The SMILES string of the molecule is CCC(C)(c1ccc(C(CC)(c2cc(CCO)c(O)c(CCO)c2)c2cc(COC)c(O)c(COC)c2)cc1)c1cc(COC)c(O)c(COC)c1. The van der Waals surface area contributed by atoms with Crippen molar-refractivity contribution in [1.29, 1.82) is 0 Å². The third-order valence-corrected chi connectivity index (χ3v) is 10.6. The Morgan fingerprint density at radius 2 is 0.788 bits per heavy atom. The number of phenolic OH excluding ortho intramolecular Hbond substituents is 3. The van der Waals surface area contributed by atoms with E-state index in [1.165, 1.54) is 0 Å². The molecule has 4 rings (SSSR count). The van der Waals surface area contributed by atoms with Crippen molar-refractivity contribution >= 4 is 0 Å². The van der Waals surface area contributed by atoms with Crippen LogP contribution in [0.1, 0.15) is 94.8 Å². The van der Waals surface area contributed by atoms with Crippen molar-refractivity contribution in [3.63, 3.8) is 0 Å². The molecular formula is C43H56O9. The molecule has 5 N–H and O–H groups in total. The number of phenols is 3. The number of methoxy groups -OCH3 is 4. The summed E-state index contributed by atoms with van der Waals surface area (Å²) >= 11 is 0. The van der Waals surface area contributed by atoms with E-state index in [0.717, 1.165) is 34.2 Å². The van der Waals surface area contributed by atoms with Crippen molar-refractivity contribution in [3.8, 4) is 17.2 Å². The van der Waals surface area contributed by atoms with E-state index in [-0.39, 0.29) is 69.7 Å². The van der Waals surface area contributed by atoms with Crippen molar-refractivity contribution in [2.24, 2.45) is 0 Å². The van der Waals surface area contributed by atoms with Crippen molar-refractivity contribution in [2.75, 3.05) is 41.7 Å². The molecule has 9 nitrogen and oxygen atoms in total. The van der Waals surface area contributed by atoms with Crippen LogP contribution in [0.5, 0.6) is 17.2 Å². The van der Waals surface area contributed by atoms with Gasteiger partial charge in [0.2, 0.25) is 0 Å².